The molecule has 0 heterocycles. The fourth-order valence-electron chi connectivity index (χ4n) is 1.92. The molecule has 0 saturated heterocycles. The molecule has 2 fully saturated rings. The highest BCUT2D eigenvalue weighted by Gasteiger charge is 2.41. The Hall–Kier alpha value is -0.570. The Balaban J connectivity index is 1.78. The molecule has 0 spiro atoms. The lowest BCUT2D eigenvalue weighted by molar-refractivity contribution is -0.121. The van der Waals surface area contributed by atoms with E-state index in [1.165, 1.54) is 25.7 Å². The van der Waals surface area contributed by atoms with E-state index >= 15 is 0 Å². The minimum absolute atomic E-state index is 0.145. The standard InChI is InChI=1S/C10H18N2O/c11-6-5-9(13)12-10(7-1-2-7)8-3-4-8/h7-8,10H,1-6,11H2,(H,12,13). The van der Waals surface area contributed by atoms with Crippen LogP contribution in [-0.2, 0) is 4.79 Å². The average Bonchev–Trinajstić information content (AvgIpc) is 2.95. The van der Waals surface area contributed by atoms with E-state index in [4.69, 9.17) is 5.73 Å². The largest absolute Gasteiger partial charge is 0.353 e. The van der Waals surface area contributed by atoms with Gasteiger partial charge in [0.15, 0.2) is 0 Å². The van der Waals surface area contributed by atoms with E-state index in [0.29, 0.717) is 19.0 Å². The van der Waals surface area contributed by atoms with Gasteiger partial charge in [0, 0.05) is 19.0 Å². The van der Waals surface area contributed by atoms with Crippen molar-refractivity contribution in [3.05, 3.63) is 0 Å². The first kappa shape index (κ1) is 9.00. The van der Waals surface area contributed by atoms with Gasteiger partial charge in [0.2, 0.25) is 5.91 Å². The fraction of sp³-hybridized carbons (Fsp3) is 0.900. The molecule has 0 aromatic rings. The molecular weight excluding hydrogens is 164 g/mol. The van der Waals surface area contributed by atoms with Crippen LogP contribution in [0.4, 0.5) is 0 Å². The van der Waals surface area contributed by atoms with Crippen molar-refractivity contribution in [1.29, 1.82) is 0 Å². The van der Waals surface area contributed by atoms with Gasteiger partial charge < -0.3 is 11.1 Å². The molecule has 0 atom stereocenters. The van der Waals surface area contributed by atoms with E-state index in [9.17, 15) is 4.79 Å². The summed E-state index contributed by atoms with van der Waals surface area (Å²) in [4.78, 5) is 11.3. The molecule has 1 amide bonds. The van der Waals surface area contributed by atoms with Crippen molar-refractivity contribution in [3.63, 3.8) is 0 Å². The summed E-state index contributed by atoms with van der Waals surface area (Å²) in [5.41, 5.74) is 5.33. The molecule has 3 N–H and O–H groups in total. The second-order valence-electron chi connectivity index (χ2n) is 4.31. The Kier molecular flexibility index (Phi) is 2.54. The minimum Gasteiger partial charge on any atom is -0.353 e. The van der Waals surface area contributed by atoms with Crippen LogP contribution in [0, 0.1) is 11.8 Å². The Morgan fingerprint density at radius 3 is 2.23 bits per heavy atom. The van der Waals surface area contributed by atoms with Crippen molar-refractivity contribution < 1.29 is 4.79 Å². The molecule has 2 aliphatic rings. The number of carbonyl (C=O) groups is 1. The summed E-state index contributed by atoms with van der Waals surface area (Å²) < 4.78 is 0. The van der Waals surface area contributed by atoms with Crippen LogP contribution in [0.1, 0.15) is 32.1 Å². The highest BCUT2D eigenvalue weighted by atomic mass is 16.1. The molecule has 2 rings (SSSR count). The van der Waals surface area contributed by atoms with E-state index in [0.717, 1.165) is 11.8 Å². The third-order valence-electron chi connectivity index (χ3n) is 2.96. The number of nitrogens with two attached hydrogens (primary N) is 1. The van der Waals surface area contributed by atoms with E-state index in [2.05, 4.69) is 5.32 Å². The minimum atomic E-state index is 0.145. The second-order valence-corrected chi connectivity index (χ2v) is 4.31. The Bertz CT molecular complexity index is 185. The Morgan fingerprint density at radius 2 is 1.85 bits per heavy atom. The maximum absolute atomic E-state index is 11.3. The molecule has 0 unspecified atom stereocenters. The van der Waals surface area contributed by atoms with Crippen molar-refractivity contribution in [2.75, 3.05) is 6.54 Å². The summed E-state index contributed by atoms with van der Waals surface area (Å²) in [7, 11) is 0. The molecule has 74 valence electrons. The first-order chi connectivity index (χ1) is 6.31. The number of nitrogens with one attached hydrogen (secondary N) is 1. The van der Waals surface area contributed by atoms with Gasteiger partial charge in [-0.15, -0.1) is 0 Å². The molecule has 0 radical (unpaired) electrons. The predicted molar refractivity (Wildman–Crippen MR) is 51.1 cm³/mol. The number of hydrogen-bond acceptors (Lipinski definition) is 2. The molecule has 3 nitrogen and oxygen atoms in total. The van der Waals surface area contributed by atoms with Crippen LogP contribution in [0.3, 0.4) is 0 Å². The summed E-state index contributed by atoms with van der Waals surface area (Å²) in [5, 5.41) is 3.12. The summed E-state index contributed by atoms with van der Waals surface area (Å²) in [6.45, 7) is 0.466. The first-order valence-corrected chi connectivity index (χ1v) is 5.30. The van der Waals surface area contributed by atoms with Gasteiger partial charge in [-0.1, -0.05) is 0 Å². The predicted octanol–water partition coefficient (Wildman–Crippen LogP) is 0.640. The SMILES string of the molecule is NCCC(=O)NC(C1CC1)C1CC1. The van der Waals surface area contributed by atoms with E-state index in [1.54, 1.807) is 0 Å². The second kappa shape index (κ2) is 3.66. The van der Waals surface area contributed by atoms with Gasteiger partial charge in [0.1, 0.15) is 0 Å². The summed E-state index contributed by atoms with van der Waals surface area (Å²) >= 11 is 0. The molecule has 2 aliphatic carbocycles. The molecule has 3 heteroatoms. The van der Waals surface area contributed by atoms with Crippen LogP contribution >= 0.6 is 0 Å². The van der Waals surface area contributed by atoms with E-state index in [1.807, 2.05) is 0 Å². The van der Waals surface area contributed by atoms with Crippen LogP contribution in [0.15, 0.2) is 0 Å². The number of hydrogen-bond donors (Lipinski definition) is 2. The maximum Gasteiger partial charge on any atom is 0.221 e. The van der Waals surface area contributed by atoms with Crippen LogP contribution in [0.2, 0.25) is 0 Å². The molecule has 0 aromatic carbocycles. The number of amides is 1. The third kappa shape index (κ3) is 2.44. The van der Waals surface area contributed by atoms with Gasteiger partial charge in [0.05, 0.1) is 0 Å². The quantitative estimate of drug-likeness (QED) is 0.655. The van der Waals surface area contributed by atoms with Crippen LogP contribution in [-0.4, -0.2) is 18.5 Å². The summed E-state index contributed by atoms with van der Waals surface area (Å²) in [5.74, 6) is 1.72. The maximum atomic E-state index is 11.3. The highest BCUT2D eigenvalue weighted by Crippen LogP contribution is 2.44. The van der Waals surface area contributed by atoms with Gasteiger partial charge in [-0.2, -0.15) is 0 Å². The molecule has 13 heavy (non-hydrogen) atoms. The van der Waals surface area contributed by atoms with Crippen molar-refractivity contribution >= 4 is 5.91 Å². The number of rotatable bonds is 5. The normalized spacial score (nSPS) is 22.0. The van der Waals surface area contributed by atoms with E-state index in [-0.39, 0.29) is 5.91 Å². The monoisotopic (exact) mass is 182 g/mol. The molecule has 0 aromatic heterocycles. The number of carbonyl (C=O) groups excluding carboxylic acids is 1. The van der Waals surface area contributed by atoms with E-state index < -0.39 is 0 Å². The van der Waals surface area contributed by atoms with Crippen LogP contribution in [0.5, 0.6) is 0 Å². The smallest absolute Gasteiger partial charge is 0.221 e. The third-order valence-corrected chi connectivity index (χ3v) is 2.96. The van der Waals surface area contributed by atoms with Crippen LogP contribution in [0.25, 0.3) is 0 Å². The lowest BCUT2D eigenvalue weighted by atomic mass is 10.1. The highest BCUT2D eigenvalue weighted by molar-refractivity contribution is 5.76. The average molecular weight is 182 g/mol. The molecule has 0 bridgehead atoms. The van der Waals surface area contributed by atoms with Gasteiger partial charge in [0.25, 0.3) is 0 Å². The summed E-state index contributed by atoms with van der Waals surface area (Å²) in [6, 6.07) is 0.485. The first-order valence-electron chi connectivity index (χ1n) is 5.30. The Morgan fingerprint density at radius 1 is 1.31 bits per heavy atom. The van der Waals surface area contributed by atoms with Crippen molar-refractivity contribution in [2.24, 2.45) is 17.6 Å². The summed E-state index contributed by atoms with van der Waals surface area (Å²) in [6.07, 6.45) is 5.72. The lowest BCUT2D eigenvalue weighted by Crippen LogP contribution is -2.38. The Labute approximate surface area is 79.1 Å². The molecular formula is C10H18N2O. The fourth-order valence-corrected chi connectivity index (χ4v) is 1.92. The topological polar surface area (TPSA) is 55.1 Å². The van der Waals surface area contributed by atoms with Gasteiger partial charge in [-0.05, 0) is 37.5 Å². The van der Waals surface area contributed by atoms with Crippen molar-refractivity contribution in [2.45, 2.75) is 38.1 Å². The molecule has 2 saturated carbocycles. The van der Waals surface area contributed by atoms with Crippen molar-refractivity contribution in [1.82, 2.24) is 5.32 Å². The van der Waals surface area contributed by atoms with Crippen molar-refractivity contribution in [3.8, 4) is 0 Å². The zero-order chi connectivity index (χ0) is 9.26. The van der Waals surface area contributed by atoms with Gasteiger partial charge in [-0.25, -0.2) is 0 Å². The van der Waals surface area contributed by atoms with Gasteiger partial charge >= 0.3 is 0 Å². The van der Waals surface area contributed by atoms with Crippen LogP contribution < -0.4 is 11.1 Å². The zero-order valence-corrected chi connectivity index (χ0v) is 7.96. The zero-order valence-electron chi connectivity index (χ0n) is 7.96. The van der Waals surface area contributed by atoms with Gasteiger partial charge in [-0.3, -0.25) is 4.79 Å². The molecule has 0 aliphatic heterocycles. The lowest BCUT2D eigenvalue weighted by Gasteiger charge is -2.17.